The number of benzene rings is 2. The van der Waals surface area contributed by atoms with Gasteiger partial charge in [0, 0.05) is 30.2 Å². The average Bonchev–Trinajstić information content (AvgIpc) is 2.69. The van der Waals surface area contributed by atoms with Crippen LogP contribution in [0.2, 0.25) is 0 Å². The second-order valence-electron chi connectivity index (χ2n) is 7.14. The average molecular weight is 365 g/mol. The minimum Gasteiger partial charge on any atom is -0.372 e. The SMILES string of the molecule is CCc1ccccc1NC(=O)C(=O)Nc1ccc(N2CCC(C)CC2)cc1. The van der Waals surface area contributed by atoms with Gasteiger partial charge in [-0.05, 0) is 61.1 Å². The Balaban J connectivity index is 1.58. The number of hydrogen-bond donors (Lipinski definition) is 2. The molecule has 3 rings (SSSR count). The minimum absolute atomic E-state index is 0.619. The van der Waals surface area contributed by atoms with E-state index in [1.807, 2.05) is 49.4 Å². The number of anilines is 3. The van der Waals surface area contributed by atoms with Gasteiger partial charge in [-0.1, -0.05) is 32.0 Å². The fourth-order valence-corrected chi connectivity index (χ4v) is 3.34. The summed E-state index contributed by atoms with van der Waals surface area (Å²) in [5, 5.41) is 5.36. The molecule has 0 aromatic heterocycles. The van der Waals surface area contributed by atoms with Gasteiger partial charge in [0.1, 0.15) is 0 Å². The smallest absolute Gasteiger partial charge is 0.314 e. The van der Waals surface area contributed by atoms with Crippen LogP contribution in [-0.2, 0) is 16.0 Å². The summed E-state index contributed by atoms with van der Waals surface area (Å²) in [4.78, 5) is 26.8. The van der Waals surface area contributed by atoms with E-state index in [-0.39, 0.29) is 0 Å². The van der Waals surface area contributed by atoms with E-state index >= 15 is 0 Å². The molecule has 2 aromatic rings. The molecule has 5 heteroatoms. The van der Waals surface area contributed by atoms with E-state index in [0.29, 0.717) is 11.4 Å². The van der Waals surface area contributed by atoms with Gasteiger partial charge in [-0.2, -0.15) is 0 Å². The van der Waals surface area contributed by atoms with Crippen LogP contribution in [0, 0.1) is 5.92 Å². The van der Waals surface area contributed by atoms with Crippen LogP contribution in [0.3, 0.4) is 0 Å². The van der Waals surface area contributed by atoms with Crippen molar-refractivity contribution in [3.8, 4) is 0 Å². The molecule has 1 fully saturated rings. The highest BCUT2D eigenvalue weighted by molar-refractivity contribution is 6.43. The lowest BCUT2D eigenvalue weighted by atomic mass is 9.99. The molecule has 1 heterocycles. The molecule has 0 saturated carbocycles. The standard InChI is InChI=1S/C22H27N3O2/c1-3-17-6-4-5-7-20(17)24-22(27)21(26)23-18-8-10-19(11-9-18)25-14-12-16(2)13-15-25/h4-11,16H,3,12-15H2,1-2H3,(H,23,26)(H,24,27). The van der Waals surface area contributed by atoms with Crippen molar-refractivity contribution >= 4 is 28.9 Å². The second kappa shape index (κ2) is 8.71. The predicted octanol–water partition coefficient (Wildman–Crippen LogP) is 4.06. The summed E-state index contributed by atoms with van der Waals surface area (Å²) in [6.45, 7) is 6.42. The Bertz CT molecular complexity index is 793. The number of piperidine rings is 1. The Morgan fingerprint density at radius 1 is 0.963 bits per heavy atom. The third-order valence-electron chi connectivity index (χ3n) is 5.13. The summed E-state index contributed by atoms with van der Waals surface area (Å²) < 4.78 is 0. The van der Waals surface area contributed by atoms with Gasteiger partial charge in [0.2, 0.25) is 0 Å². The first-order valence-electron chi connectivity index (χ1n) is 9.62. The molecule has 1 aliphatic heterocycles. The number of para-hydroxylation sites is 1. The van der Waals surface area contributed by atoms with Crippen LogP contribution in [0.25, 0.3) is 0 Å². The van der Waals surface area contributed by atoms with Crippen LogP contribution < -0.4 is 15.5 Å². The minimum atomic E-state index is -0.666. The molecule has 0 radical (unpaired) electrons. The molecule has 0 aliphatic carbocycles. The summed E-state index contributed by atoms with van der Waals surface area (Å²) >= 11 is 0. The molecule has 27 heavy (non-hydrogen) atoms. The number of rotatable bonds is 4. The third kappa shape index (κ3) is 4.88. The number of aryl methyl sites for hydroxylation is 1. The molecule has 2 amide bonds. The first-order valence-corrected chi connectivity index (χ1v) is 9.62. The predicted molar refractivity (Wildman–Crippen MR) is 110 cm³/mol. The van der Waals surface area contributed by atoms with Crippen LogP contribution in [-0.4, -0.2) is 24.9 Å². The number of nitrogens with one attached hydrogen (secondary N) is 2. The summed E-state index contributed by atoms with van der Waals surface area (Å²) in [7, 11) is 0. The van der Waals surface area contributed by atoms with E-state index in [0.717, 1.165) is 36.7 Å². The van der Waals surface area contributed by atoms with Gasteiger partial charge in [0.15, 0.2) is 0 Å². The van der Waals surface area contributed by atoms with Gasteiger partial charge in [-0.15, -0.1) is 0 Å². The fourth-order valence-electron chi connectivity index (χ4n) is 3.34. The van der Waals surface area contributed by atoms with Crippen LogP contribution in [0.15, 0.2) is 48.5 Å². The van der Waals surface area contributed by atoms with Crippen molar-refractivity contribution in [2.24, 2.45) is 5.92 Å². The van der Waals surface area contributed by atoms with E-state index in [1.54, 1.807) is 6.07 Å². The second-order valence-corrected chi connectivity index (χ2v) is 7.14. The molecule has 0 bridgehead atoms. The quantitative estimate of drug-likeness (QED) is 0.803. The number of carbonyl (C=O) groups is 2. The normalized spacial score (nSPS) is 14.7. The summed E-state index contributed by atoms with van der Waals surface area (Å²) in [6, 6.07) is 15.2. The van der Waals surface area contributed by atoms with Crippen molar-refractivity contribution in [2.45, 2.75) is 33.1 Å². The molecule has 2 aromatic carbocycles. The van der Waals surface area contributed by atoms with Crippen molar-refractivity contribution in [1.29, 1.82) is 0 Å². The van der Waals surface area contributed by atoms with Gasteiger partial charge in [-0.25, -0.2) is 0 Å². The van der Waals surface area contributed by atoms with Crippen molar-refractivity contribution in [1.82, 2.24) is 0 Å². The molecule has 1 aliphatic rings. The Morgan fingerprint density at radius 3 is 2.26 bits per heavy atom. The molecule has 0 unspecified atom stereocenters. The first-order chi connectivity index (χ1) is 13.1. The van der Waals surface area contributed by atoms with E-state index < -0.39 is 11.8 Å². The molecule has 0 atom stereocenters. The van der Waals surface area contributed by atoms with Crippen LogP contribution in [0.1, 0.15) is 32.3 Å². The van der Waals surface area contributed by atoms with Crippen molar-refractivity contribution in [2.75, 3.05) is 28.6 Å². The van der Waals surface area contributed by atoms with Crippen molar-refractivity contribution in [3.05, 3.63) is 54.1 Å². The van der Waals surface area contributed by atoms with E-state index in [2.05, 4.69) is 22.5 Å². The van der Waals surface area contributed by atoms with Crippen LogP contribution in [0.4, 0.5) is 17.1 Å². The monoisotopic (exact) mass is 365 g/mol. The van der Waals surface area contributed by atoms with Crippen molar-refractivity contribution in [3.63, 3.8) is 0 Å². The number of amides is 2. The zero-order chi connectivity index (χ0) is 19.2. The molecular formula is C22H27N3O2. The Labute approximate surface area is 160 Å². The van der Waals surface area contributed by atoms with Gasteiger partial charge in [0.05, 0.1) is 0 Å². The summed E-state index contributed by atoms with van der Waals surface area (Å²) in [6.07, 6.45) is 3.20. The van der Waals surface area contributed by atoms with E-state index in [9.17, 15) is 9.59 Å². The molecule has 2 N–H and O–H groups in total. The van der Waals surface area contributed by atoms with Crippen molar-refractivity contribution < 1.29 is 9.59 Å². The maximum Gasteiger partial charge on any atom is 0.314 e. The lowest BCUT2D eigenvalue weighted by molar-refractivity contribution is -0.133. The Hall–Kier alpha value is -2.82. The number of hydrogen-bond acceptors (Lipinski definition) is 3. The van der Waals surface area contributed by atoms with Crippen LogP contribution in [0.5, 0.6) is 0 Å². The van der Waals surface area contributed by atoms with Gasteiger partial charge in [-0.3, -0.25) is 9.59 Å². The Kier molecular flexibility index (Phi) is 6.12. The van der Waals surface area contributed by atoms with Crippen LogP contribution >= 0.6 is 0 Å². The van der Waals surface area contributed by atoms with Gasteiger partial charge >= 0.3 is 11.8 Å². The maximum absolute atomic E-state index is 12.2. The number of nitrogens with zero attached hydrogens (tertiary/aromatic N) is 1. The summed E-state index contributed by atoms with van der Waals surface area (Å²) in [5.41, 5.74) is 3.45. The molecular weight excluding hydrogens is 338 g/mol. The largest absolute Gasteiger partial charge is 0.372 e. The van der Waals surface area contributed by atoms with Gasteiger partial charge < -0.3 is 15.5 Å². The highest BCUT2D eigenvalue weighted by atomic mass is 16.2. The van der Waals surface area contributed by atoms with E-state index in [4.69, 9.17) is 0 Å². The number of carbonyl (C=O) groups excluding carboxylic acids is 2. The highest BCUT2D eigenvalue weighted by Gasteiger charge is 2.17. The van der Waals surface area contributed by atoms with Gasteiger partial charge in [0.25, 0.3) is 0 Å². The molecule has 0 spiro atoms. The first kappa shape index (κ1) is 19.0. The Morgan fingerprint density at radius 2 is 1.59 bits per heavy atom. The third-order valence-corrected chi connectivity index (χ3v) is 5.13. The molecule has 142 valence electrons. The molecule has 1 saturated heterocycles. The van der Waals surface area contributed by atoms with E-state index in [1.165, 1.54) is 12.8 Å². The maximum atomic E-state index is 12.2. The lowest BCUT2D eigenvalue weighted by Gasteiger charge is -2.32. The molecule has 5 nitrogen and oxygen atoms in total. The fraction of sp³-hybridized carbons (Fsp3) is 0.364. The zero-order valence-electron chi connectivity index (χ0n) is 16.0. The summed E-state index contributed by atoms with van der Waals surface area (Å²) in [5.74, 6) is -0.540. The zero-order valence-corrected chi connectivity index (χ0v) is 16.0. The lowest BCUT2D eigenvalue weighted by Crippen LogP contribution is -2.32. The topological polar surface area (TPSA) is 61.4 Å². The highest BCUT2D eigenvalue weighted by Crippen LogP contribution is 2.24.